The van der Waals surface area contributed by atoms with E-state index in [9.17, 15) is 9.59 Å². The second-order valence-electron chi connectivity index (χ2n) is 8.10. The zero-order valence-electron chi connectivity index (χ0n) is 18.4. The summed E-state index contributed by atoms with van der Waals surface area (Å²) in [7, 11) is 4.02. The molecule has 164 valence electrons. The van der Waals surface area contributed by atoms with Crippen LogP contribution in [0.1, 0.15) is 17.2 Å². The molecule has 0 radical (unpaired) electrons. The number of carbonyl (C=O) groups excluding carboxylic acids is 2. The quantitative estimate of drug-likeness (QED) is 0.589. The number of rotatable bonds is 6. The molecule has 1 unspecified atom stereocenters. The highest BCUT2D eigenvalue weighted by Crippen LogP contribution is 2.35. The summed E-state index contributed by atoms with van der Waals surface area (Å²) in [6.07, 6.45) is 0.963. The first kappa shape index (κ1) is 21.4. The van der Waals surface area contributed by atoms with Crippen LogP contribution in [0.25, 0.3) is 0 Å². The van der Waals surface area contributed by atoms with Crippen molar-refractivity contribution in [1.82, 2.24) is 5.32 Å². The first-order chi connectivity index (χ1) is 15.5. The summed E-state index contributed by atoms with van der Waals surface area (Å²) in [5.41, 5.74) is 5.28. The topological polar surface area (TPSA) is 64.7 Å². The highest BCUT2D eigenvalue weighted by Gasteiger charge is 2.28. The van der Waals surface area contributed by atoms with Gasteiger partial charge in [0.25, 0.3) is 0 Å². The molecule has 0 saturated carbocycles. The van der Waals surface area contributed by atoms with Gasteiger partial charge in [-0.3, -0.25) is 9.59 Å². The Bertz CT molecular complexity index is 1080. The minimum atomic E-state index is -0.667. The van der Waals surface area contributed by atoms with Crippen LogP contribution in [0.4, 0.5) is 17.1 Å². The Morgan fingerprint density at radius 3 is 2.31 bits per heavy atom. The van der Waals surface area contributed by atoms with Gasteiger partial charge in [0.05, 0.1) is 6.04 Å². The molecule has 32 heavy (non-hydrogen) atoms. The summed E-state index contributed by atoms with van der Waals surface area (Å²) < 4.78 is 0. The molecular formula is C26H28N4O2. The molecule has 1 atom stereocenters. The maximum atomic E-state index is 12.5. The smallest absolute Gasteiger partial charge is 0.313 e. The van der Waals surface area contributed by atoms with E-state index in [1.165, 1.54) is 11.3 Å². The summed E-state index contributed by atoms with van der Waals surface area (Å²) in [5.74, 6) is -1.31. The summed E-state index contributed by atoms with van der Waals surface area (Å²) in [6, 6.07) is 25.6. The number of benzene rings is 3. The number of nitrogens with one attached hydrogen (secondary N) is 2. The molecule has 0 saturated heterocycles. The number of fused-ring (bicyclic) bond motifs is 1. The minimum Gasteiger partial charge on any atom is -0.378 e. The fraction of sp³-hybridized carbons (Fsp3) is 0.231. The third kappa shape index (κ3) is 4.75. The van der Waals surface area contributed by atoms with E-state index < -0.39 is 11.8 Å². The first-order valence-corrected chi connectivity index (χ1v) is 10.8. The monoisotopic (exact) mass is 428 g/mol. The Hall–Kier alpha value is -3.80. The van der Waals surface area contributed by atoms with Crippen LogP contribution in [0, 0.1) is 0 Å². The van der Waals surface area contributed by atoms with Gasteiger partial charge in [-0.15, -0.1) is 0 Å². The lowest BCUT2D eigenvalue weighted by Crippen LogP contribution is -2.41. The highest BCUT2D eigenvalue weighted by molar-refractivity contribution is 6.39. The molecule has 0 aliphatic carbocycles. The number of nitrogens with zero attached hydrogens (tertiary/aromatic N) is 2. The van der Waals surface area contributed by atoms with Crippen LogP contribution >= 0.6 is 0 Å². The molecule has 0 fully saturated rings. The molecule has 2 N–H and O–H groups in total. The van der Waals surface area contributed by atoms with Gasteiger partial charge >= 0.3 is 11.8 Å². The molecule has 0 bridgehead atoms. The number of amides is 2. The molecule has 1 aliphatic rings. The van der Waals surface area contributed by atoms with E-state index in [-0.39, 0.29) is 6.04 Å². The second kappa shape index (κ2) is 9.56. The van der Waals surface area contributed by atoms with E-state index in [1.54, 1.807) is 12.1 Å². The zero-order valence-corrected chi connectivity index (χ0v) is 18.4. The average molecular weight is 429 g/mol. The summed E-state index contributed by atoms with van der Waals surface area (Å²) >= 11 is 0. The molecule has 3 aromatic carbocycles. The molecule has 4 rings (SSSR count). The number of hydrogen-bond acceptors (Lipinski definition) is 4. The van der Waals surface area contributed by atoms with E-state index in [1.807, 2.05) is 38.4 Å². The lowest BCUT2D eigenvalue weighted by atomic mass is 10.0. The van der Waals surface area contributed by atoms with Crippen LogP contribution in [0.5, 0.6) is 0 Å². The lowest BCUT2D eigenvalue weighted by molar-refractivity contribution is -0.136. The molecule has 6 nitrogen and oxygen atoms in total. The van der Waals surface area contributed by atoms with Gasteiger partial charge in [-0.25, -0.2) is 0 Å². The Balaban J connectivity index is 1.52. The maximum Gasteiger partial charge on any atom is 0.313 e. The summed E-state index contributed by atoms with van der Waals surface area (Å²) in [5, 5.41) is 5.48. The predicted octanol–water partition coefficient (Wildman–Crippen LogP) is 3.61. The van der Waals surface area contributed by atoms with Crippen molar-refractivity contribution in [2.75, 3.05) is 42.3 Å². The van der Waals surface area contributed by atoms with Gasteiger partial charge in [0.1, 0.15) is 0 Å². The largest absolute Gasteiger partial charge is 0.378 e. The Labute approximate surface area is 188 Å². The molecule has 2 amide bonds. The molecule has 3 aromatic rings. The second-order valence-corrected chi connectivity index (χ2v) is 8.10. The van der Waals surface area contributed by atoms with Gasteiger partial charge in [-0.1, -0.05) is 48.5 Å². The SMILES string of the molecule is CN(C)c1ccc(C(CNC(=O)C(=O)Nc2ccccc2)N2CCc3ccccc32)cc1. The van der Waals surface area contributed by atoms with Crippen molar-refractivity contribution < 1.29 is 9.59 Å². The van der Waals surface area contributed by atoms with Crippen LogP contribution in [0.2, 0.25) is 0 Å². The van der Waals surface area contributed by atoms with Crippen molar-refractivity contribution in [3.8, 4) is 0 Å². The van der Waals surface area contributed by atoms with Gasteiger partial charge in [0.15, 0.2) is 0 Å². The first-order valence-electron chi connectivity index (χ1n) is 10.8. The standard InChI is InChI=1S/C26H28N4O2/c1-29(2)22-14-12-20(13-15-22)24(30-17-16-19-8-6-7-11-23(19)30)18-27-25(31)26(32)28-21-9-4-3-5-10-21/h3-15,24H,16-18H2,1-2H3,(H,27,31)(H,28,32). The molecule has 1 heterocycles. The Kier molecular flexibility index (Phi) is 6.40. The van der Waals surface area contributed by atoms with E-state index in [2.05, 4.69) is 62.9 Å². The van der Waals surface area contributed by atoms with Gasteiger partial charge in [0, 0.05) is 44.2 Å². The van der Waals surface area contributed by atoms with E-state index in [4.69, 9.17) is 0 Å². The fourth-order valence-corrected chi connectivity index (χ4v) is 4.07. The average Bonchev–Trinajstić information content (AvgIpc) is 3.24. The fourth-order valence-electron chi connectivity index (χ4n) is 4.07. The van der Waals surface area contributed by atoms with Crippen molar-refractivity contribution in [3.05, 3.63) is 90.0 Å². The predicted molar refractivity (Wildman–Crippen MR) is 129 cm³/mol. The summed E-state index contributed by atoms with van der Waals surface area (Å²) in [6.45, 7) is 1.20. The van der Waals surface area contributed by atoms with Crippen molar-refractivity contribution in [2.45, 2.75) is 12.5 Å². The van der Waals surface area contributed by atoms with Crippen LogP contribution in [0.15, 0.2) is 78.9 Å². The van der Waals surface area contributed by atoms with Gasteiger partial charge < -0.3 is 20.4 Å². The van der Waals surface area contributed by atoms with Gasteiger partial charge in [-0.05, 0) is 47.9 Å². The van der Waals surface area contributed by atoms with Crippen LogP contribution in [0.3, 0.4) is 0 Å². The van der Waals surface area contributed by atoms with Crippen LogP contribution < -0.4 is 20.4 Å². The lowest BCUT2D eigenvalue weighted by Gasteiger charge is -2.31. The van der Waals surface area contributed by atoms with E-state index in [0.717, 1.165) is 24.2 Å². The van der Waals surface area contributed by atoms with Crippen LogP contribution in [-0.4, -0.2) is 39.0 Å². The van der Waals surface area contributed by atoms with Crippen molar-refractivity contribution >= 4 is 28.9 Å². The normalized spacial score (nSPS) is 13.2. The molecule has 1 aliphatic heterocycles. The number of para-hydroxylation sites is 2. The van der Waals surface area contributed by atoms with Crippen LogP contribution in [-0.2, 0) is 16.0 Å². The molecule has 0 aromatic heterocycles. The van der Waals surface area contributed by atoms with E-state index >= 15 is 0 Å². The van der Waals surface area contributed by atoms with Gasteiger partial charge in [-0.2, -0.15) is 0 Å². The molecular weight excluding hydrogens is 400 g/mol. The van der Waals surface area contributed by atoms with E-state index in [0.29, 0.717) is 12.2 Å². The Morgan fingerprint density at radius 2 is 1.59 bits per heavy atom. The Morgan fingerprint density at radius 1 is 0.906 bits per heavy atom. The zero-order chi connectivity index (χ0) is 22.5. The third-order valence-electron chi connectivity index (χ3n) is 5.79. The number of carbonyl (C=O) groups is 2. The maximum absolute atomic E-state index is 12.5. The number of hydrogen-bond donors (Lipinski definition) is 2. The van der Waals surface area contributed by atoms with Gasteiger partial charge in [0.2, 0.25) is 0 Å². The van der Waals surface area contributed by atoms with Crippen molar-refractivity contribution in [3.63, 3.8) is 0 Å². The van der Waals surface area contributed by atoms with Crippen molar-refractivity contribution in [1.29, 1.82) is 0 Å². The molecule has 0 spiro atoms. The number of anilines is 3. The molecule has 6 heteroatoms. The highest BCUT2D eigenvalue weighted by atomic mass is 16.2. The minimum absolute atomic E-state index is 0.0802. The third-order valence-corrected chi connectivity index (χ3v) is 5.79. The summed E-state index contributed by atoms with van der Waals surface area (Å²) in [4.78, 5) is 29.3. The van der Waals surface area contributed by atoms with Crippen molar-refractivity contribution in [2.24, 2.45) is 0 Å².